The van der Waals surface area contributed by atoms with E-state index in [-0.39, 0.29) is 0 Å². The van der Waals surface area contributed by atoms with Gasteiger partial charge >= 0.3 is 0 Å². The molecule has 13 heavy (non-hydrogen) atoms. The molecule has 0 bridgehead atoms. The van der Waals surface area contributed by atoms with Gasteiger partial charge in [0.25, 0.3) is 0 Å². The fourth-order valence-corrected chi connectivity index (χ4v) is 1.20. The van der Waals surface area contributed by atoms with E-state index < -0.39 is 0 Å². The van der Waals surface area contributed by atoms with E-state index in [0.29, 0.717) is 0 Å². The van der Waals surface area contributed by atoms with E-state index in [1.54, 1.807) is 0 Å². The monoisotopic (exact) mass is 195 g/mol. The highest BCUT2D eigenvalue weighted by atomic mass is 35.5. The van der Waals surface area contributed by atoms with E-state index in [4.69, 9.17) is 11.6 Å². The molecular weight excluding hydrogens is 182 g/mol. The summed E-state index contributed by atoms with van der Waals surface area (Å²) in [6.45, 7) is 2.90. The Morgan fingerprint density at radius 3 is 2.85 bits per heavy atom. The fourth-order valence-electron chi connectivity index (χ4n) is 1.08. The second-order valence-electron chi connectivity index (χ2n) is 2.97. The summed E-state index contributed by atoms with van der Waals surface area (Å²) in [5, 5.41) is 3.88. The molecule has 1 nitrogen and oxygen atoms in total. The van der Waals surface area contributed by atoms with Crippen LogP contribution < -0.4 is 5.32 Å². The first-order valence-electron chi connectivity index (χ1n) is 4.31. The van der Waals surface area contributed by atoms with Crippen LogP contribution in [-0.2, 0) is 0 Å². The number of likely N-dealkylation sites (N-methyl/N-ethyl adjacent to an activating group) is 1. The lowest BCUT2D eigenvalue weighted by molar-refractivity contribution is 0.922. The normalized spacial score (nSPS) is 11.0. The standard InChI is InChI=1S/C11H14ClN/c1-9-8-10(4-3-7-13-2)5-6-11(9)12/h3-6,8,13H,7H2,1-2H3. The molecule has 0 unspecified atom stereocenters. The van der Waals surface area contributed by atoms with Gasteiger partial charge in [0, 0.05) is 11.6 Å². The maximum atomic E-state index is 5.91. The van der Waals surface area contributed by atoms with Crippen molar-refractivity contribution < 1.29 is 0 Å². The van der Waals surface area contributed by atoms with Crippen LogP contribution in [0.15, 0.2) is 24.3 Å². The fraction of sp³-hybridized carbons (Fsp3) is 0.273. The zero-order chi connectivity index (χ0) is 9.68. The Morgan fingerprint density at radius 1 is 1.46 bits per heavy atom. The summed E-state index contributed by atoms with van der Waals surface area (Å²) in [5.74, 6) is 0. The van der Waals surface area contributed by atoms with E-state index >= 15 is 0 Å². The Kier molecular flexibility index (Phi) is 4.00. The number of aryl methyl sites for hydroxylation is 1. The van der Waals surface area contributed by atoms with Crippen molar-refractivity contribution in [2.45, 2.75) is 6.92 Å². The van der Waals surface area contributed by atoms with Crippen LogP contribution in [-0.4, -0.2) is 13.6 Å². The Hall–Kier alpha value is -0.790. The molecule has 0 aliphatic rings. The molecule has 0 aliphatic carbocycles. The summed E-state index contributed by atoms with van der Waals surface area (Å²) < 4.78 is 0. The molecule has 0 heterocycles. The van der Waals surface area contributed by atoms with E-state index in [9.17, 15) is 0 Å². The molecule has 0 aliphatic heterocycles. The van der Waals surface area contributed by atoms with Crippen molar-refractivity contribution in [1.82, 2.24) is 5.32 Å². The van der Waals surface area contributed by atoms with Crippen LogP contribution in [0.2, 0.25) is 5.02 Å². The van der Waals surface area contributed by atoms with Crippen LogP contribution in [0.1, 0.15) is 11.1 Å². The SMILES string of the molecule is CNCC=Cc1ccc(Cl)c(C)c1. The topological polar surface area (TPSA) is 12.0 Å². The molecule has 70 valence electrons. The van der Waals surface area contributed by atoms with Gasteiger partial charge in [-0.05, 0) is 31.2 Å². The van der Waals surface area contributed by atoms with Gasteiger partial charge in [0.2, 0.25) is 0 Å². The first kappa shape index (κ1) is 10.3. The summed E-state index contributed by atoms with van der Waals surface area (Å²) in [7, 11) is 1.93. The highest BCUT2D eigenvalue weighted by Crippen LogP contribution is 2.16. The smallest absolute Gasteiger partial charge is 0.0435 e. The molecule has 2 heteroatoms. The van der Waals surface area contributed by atoms with Gasteiger partial charge in [0.05, 0.1) is 0 Å². The summed E-state index contributed by atoms with van der Waals surface area (Å²) in [5.41, 5.74) is 2.31. The lowest BCUT2D eigenvalue weighted by Gasteiger charge is -1.98. The maximum absolute atomic E-state index is 5.91. The molecule has 0 saturated carbocycles. The summed E-state index contributed by atoms with van der Waals surface area (Å²) in [4.78, 5) is 0. The number of hydrogen-bond donors (Lipinski definition) is 1. The van der Waals surface area contributed by atoms with E-state index in [0.717, 1.165) is 17.1 Å². The Labute approximate surface area is 84.4 Å². The van der Waals surface area contributed by atoms with Crippen LogP contribution >= 0.6 is 11.6 Å². The molecule has 1 aromatic carbocycles. The number of benzene rings is 1. The van der Waals surface area contributed by atoms with E-state index in [1.807, 2.05) is 26.1 Å². The highest BCUT2D eigenvalue weighted by molar-refractivity contribution is 6.31. The van der Waals surface area contributed by atoms with Crippen LogP contribution in [0.3, 0.4) is 0 Å². The average molecular weight is 196 g/mol. The third-order valence-corrected chi connectivity index (χ3v) is 2.24. The minimum atomic E-state index is 0.825. The lowest BCUT2D eigenvalue weighted by Crippen LogP contribution is -2.03. The summed E-state index contributed by atoms with van der Waals surface area (Å²) in [6.07, 6.45) is 4.17. The largest absolute Gasteiger partial charge is 0.316 e. The van der Waals surface area contributed by atoms with E-state index in [1.165, 1.54) is 5.56 Å². The molecule has 1 N–H and O–H groups in total. The first-order valence-corrected chi connectivity index (χ1v) is 4.69. The highest BCUT2D eigenvalue weighted by Gasteiger charge is 1.93. The molecule has 0 amide bonds. The third kappa shape index (κ3) is 3.21. The molecule has 0 radical (unpaired) electrons. The predicted octanol–water partition coefficient (Wildman–Crippen LogP) is 2.88. The Bertz CT molecular complexity index is 305. The minimum absolute atomic E-state index is 0.825. The van der Waals surface area contributed by atoms with Crippen molar-refractivity contribution in [2.24, 2.45) is 0 Å². The number of hydrogen-bond acceptors (Lipinski definition) is 1. The van der Waals surface area contributed by atoms with Crippen LogP contribution in [0.25, 0.3) is 6.08 Å². The summed E-state index contributed by atoms with van der Waals surface area (Å²) >= 11 is 5.91. The summed E-state index contributed by atoms with van der Waals surface area (Å²) in [6, 6.07) is 6.02. The van der Waals surface area contributed by atoms with Crippen molar-refractivity contribution in [3.05, 3.63) is 40.4 Å². The Morgan fingerprint density at radius 2 is 2.23 bits per heavy atom. The Balaban J connectivity index is 2.73. The van der Waals surface area contributed by atoms with Gasteiger partial charge in [-0.3, -0.25) is 0 Å². The molecular formula is C11H14ClN. The van der Waals surface area contributed by atoms with Gasteiger partial charge in [-0.1, -0.05) is 35.9 Å². The molecule has 0 spiro atoms. The van der Waals surface area contributed by atoms with Crippen LogP contribution in [0.4, 0.5) is 0 Å². The van der Waals surface area contributed by atoms with Gasteiger partial charge in [0.1, 0.15) is 0 Å². The molecule has 0 atom stereocenters. The van der Waals surface area contributed by atoms with Crippen molar-refractivity contribution in [2.75, 3.05) is 13.6 Å². The average Bonchev–Trinajstić information content (AvgIpc) is 2.12. The lowest BCUT2D eigenvalue weighted by atomic mass is 10.1. The van der Waals surface area contributed by atoms with Crippen molar-refractivity contribution in [3.8, 4) is 0 Å². The number of nitrogens with one attached hydrogen (secondary N) is 1. The minimum Gasteiger partial charge on any atom is -0.316 e. The van der Waals surface area contributed by atoms with E-state index in [2.05, 4.69) is 23.5 Å². The molecule has 1 aromatic rings. The molecule has 0 aromatic heterocycles. The second kappa shape index (κ2) is 5.05. The molecule has 0 saturated heterocycles. The number of halogens is 1. The van der Waals surface area contributed by atoms with Gasteiger partial charge in [0.15, 0.2) is 0 Å². The van der Waals surface area contributed by atoms with Crippen LogP contribution in [0, 0.1) is 6.92 Å². The molecule has 1 rings (SSSR count). The van der Waals surface area contributed by atoms with Crippen molar-refractivity contribution in [1.29, 1.82) is 0 Å². The maximum Gasteiger partial charge on any atom is 0.0435 e. The predicted molar refractivity (Wildman–Crippen MR) is 59.1 cm³/mol. The second-order valence-corrected chi connectivity index (χ2v) is 3.38. The number of rotatable bonds is 3. The molecule has 0 fully saturated rings. The first-order chi connectivity index (χ1) is 6.24. The van der Waals surface area contributed by atoms with Crippen molar-refractivity contribution in [3.63, 3.8) is 0 Å². The van der Waals surface area contributed by atoms with Gasteiger partial charge in [-0.25, -0.2) is 0 Å². The zero-order valence-electron chi connectivity index (χ0n) is 7.97. The van der Waals surface area contributed by atoms with Crippen molar-refractivity contribution >= 4 is 17.7 Å². The van der Waals surface area contributed by atoms with Crippen LogP contribution in [0.5, 0.6) is 0 Å². The van der Waals surface area contributed by atoms with Gasteiger partial charge in [-0.15, -0.1) is 0 Å². The third-order valence-electron chi connectivity index (χ3n) is 1.81. The zero-order valence-corrected chi connectivity index (χ0v) is 8.73. The van der Waals surface area contributed by atoms with Gasteiger partial charge in [-0.2, -0.15) is 0 Å². The van der Waals surface area contributed by atoms with Gasteiger partial charge < -0.3 is 5.32 Å². The quantitative estimate of drug-likeness (QED) is 0.782.